The SMILES string of the molecule is Cc1cc(Cl)c(N)c(N)c1CCO.Cl. The molecular formula is C9H14Cl2N2O. The molecule has 0 amide bonds. The zero-order valence-electron chi connectivity index (χ0n) is 7.88. The third-order valence-electron chi connectivity index (χ3n) is 2.05. The highest BCUT2D eigenvalue weighted by Crippen LogP contribution is 2.31. The number of halogens is 2. The summed E-state index contributed by atoms with van der Waals surface area (Å²) >= 11 is 5.82. The zero-order valence-corrected chi connectivity index (χ0v) is 9.45. The second kappa shape index (κ2) is 5.29. The Kier molecular flexibility index (Phi) is 5.05. The van der Waals surface area contributed by atoms with Gasteiger partial charge in [0.2, 0.25) is 0 Å². The molecule has 0 aliphatic carbocycles. The van der Waals surface area contributed by atoms with Crippen molar-refractivity contribution in [3.8, 4) is 0 Å². The maximum atomic E-state index is 8.80. The molecule has 14 heavy (non-hydrogen) atoms. The van der Waals surface area contributed by atoms with Crippen molar-refractivity contribution in [1.29, 1.82) is 0 Å². The molecule has 1 aromatic carbocycles. The van der Waals surface area contributed by atoms with E-state index in [4.69, 9.17) is 28.2 Å². The number of hydrogen-bond acceptors (Lipinski definition) is 3. The van der Waals surface area contributed by atoms with E-state index in [1.807, 2.05) is 6.92 Å². The molecule has 0 aliphatic heterocycles. The Morgan fingerprint density at radius 3 is 2.43 bits per heavy atom. The van der Waals surface area contributed by atoms with Crippen LogP contribution in [0.5, 0.6) is 0 Å². The van der Waals surface area contributed by atoms with Crippen molar-refractivity contribution in [1.82, 2.24) is 0 Å². The van der Waals surface area contributed by atoms with E-state index in [0.717, 1.165) is 11.1 Å². The van der Waals surface area contributed by atoms with Crippen LogP contribution in [0.4, 0.5) is 11.4 Å². The smallest absolute Gasteiger partial charge is 0.0740 e. The Balaban J connectivity index is 0.00000169. The normalized spacial score (nSPS) is 9.64. The monoisotopic (exact) mass is 236 g/mol. The van der Waals surface area contributed by atoms with Gasteiger partial charge >= 0.3 is 0 Å². The Morgan fingerprint density at radius 1 is 1.36 bits per heavy atom. The molecule has 0 aromatic heterocycles. The maximum absolute atomic E-state index is 8.80. The maximum Gasteiger partial charge on any atom is 0.0740 e. The van der Waals surface area contributed by atoms with Gasteiger partial charge in [-0.2, -0.15) is 0 Å². The van der Waals surface area contributed by atoms with Gasteiger partial charge in [0, 0.05) is 6.61 Å². The lowest BCUT2D eigenvalue weighted by Crippen LogP contribution is -2.04. The van der Waals surface area contributed by atoms with Crippen LogP contribution in [-0.4, -0.2) is 11.7 Å². The van der Waals surface area contributed by atoms with E-state index in [1.54, 1.807) is 6.07 Å². The molecule has 0 aliphatic rings. The molecule has 0 spiro atoms. The van der Waals surface area contributed by atoms with Crippen LogP contribution >= 0.6 is 24.0 Å². The Bertz CT molecular complexity index is 329. The van der Waals surface area contributed by atoms with Gasteiger partial charge in [0.05, 0.1) is 16.4 Å². The first-order valence-corrected chi connectivity index (χ1v) is 4.39. The van der Waals surface area contributed by atoms with Crippen molar-refractivity contribution < 1.29 is 5.11 Å². The molecular weight excluding hydrogens is 223 g/mol. The average molecular weight is 237 g/mol. The summed E-state index contributed by atoms with van der Waals surface area (Å²) in [6.45, 7) is 1.96. The second-order valence-electron chi connectivity index (χ2n) is 2.95. The molecule has 1 aromatic rings. The highest BCUT2D eigenvalue weighted by Gasteiger charge is 2.09. The summed E-state index contributed by atoms with van der Waals surface area (Å²) in [6, 6.07) is 1.76. The van der Waals surface area contributed by atoms with Gasteiger partial charge in [0.25, 0.3) is 0 Å². The fraction of sp³-hybridized carbons (Fsp3) is 0.333. The molecule has 0 atom stereocenters. The number of benzene rings is 1. The van der Waals surface area contributed by atoms with Crippen molar-refractivity contribution >= 4 is 35.4 Å². The van der Waals surface area contributed by atoms with Crippen LogP contribution in [-0.2, 0) is 6.42 Å². The third kappa shape index (κ3) is 2.44. The van der Waals surface area contributed by atoms with E-state index in [0.29, 0.717) is 22.8 Å². The summed E-state index contributed by atoms with van der Waals surface area (Å²) in [7, 11) is 0. The fourth-order valence-electron chi connectivity index (χ4n) is 1.30. The Morgan fingerprint density at radius 2 is 1.93 bits per heavy atom. The largest absolute Gasteiger partial charge is 0.397 e. The van der Waals surface area contributed by atoms with Gasteiger partial charge < -0.3 is 16.6 Å². The van der Waals surface area contributed by atoms with Gasteiger partial charge in [-0.05, 0) is 30.5 Å². The molecule has 5 N–H and O–H groups in total. The highest BCUT2D eigenvalue weighted by atomic mass is 35.5. The van der Waals surface area contributed by atoms with E-state index in [-0.39, 0.29) is 19.0 Å². The molecule has 5 heteroatoms. The first-order chi connectivity index (χ1) is 6.07. The van der Waals surface area contributed by atoms with E-state index in [2.05, 4.69) is 0 Å². The Labute approximate surface area is 94.5 Å². The zero-order chi connectivity index (χ0) is 10.0. The van der Waals surface area contributed by atoms with Gasteiger partial charge in [-0.1, -0.05) is 11.6 Å². The van der Waals surface area contributed by atoms with E-state index in [9.17, 15) is 0 Å². The van der Waals surface area contributed by atoms with Crippen LogP contribution in [0.3, 0.4) is 0 Å². The molecule has 0 fully saturated rings. The average Bonchev–Trinajstić information content (AvgIpc) is 2.09. The lowest BCUT2D eigenvalue weighted by Gasteiger charge is -2.11. The fourth-order valence-corrected chi connectivity index (χ4v) is 1.57. The van der Waals surface area contributed by atoms with Crippen LogP contribution in [0, 0.1) is 6.92 Å². The lowest BCUT2D eigenvalue weighted by atomic mass is 10.0. The standard InChI is InChI=1S/C9H13ClN2O.ClH/c1-5-4-7(10)9(12)8(11)6(5)2-3-13;/h4,13H,2-3,11-12H2,1H3;1H. The van der Waals surface area contributed by atoms with Crippen LogP contribution in [0.25, 0.3) is 0 Å². The molecule has 0 saturated carbocycles. The predicted octanol–water partition coefficient (Wildman–Crippen LogP) is 1.77. The third-order valence-corrected chi connectivity index (χ3v) is 2.37. The molecule has 0 unspecified atom stereocenters. The number of hydrogen-bond donors (Lipinski definition) is 3. The summed E-state index contributed by atoms with van der Waals surface area (Å²) in [5, 5.41) is 9.27. The number of anilines is 2. The van der Waals surface area contributed by atoms with Crippen LogP contribution in [0.1, 0.15) is 11.1 Å². The lowest BCUT2D eigenvalue weighted by molar-refractivity contribution is 0.299. The number of nitrogen functional groups attached to an aromatic ring is 2. The van der Waals surface area contributed by atoms with E-state index < -0.39 is 0 Å². The first-order valence-electron chi connectivity index (χ1n) is 4.01. The number of aliphatic hydroxyl groups is 1. The summed E-state index contributed by atoms with van der Waals surface area (Å²) in [6.07, 6.45) is 0.513. The Hall–Kier alpha value is -0.640. The first kappa shape index (κ1) is 13.4. The van der Waals surface area contributed by atoms with Gasteiger partial charge in [-0.25, -0.2) is 0 Å². The van der Waals surface area contributed by atoms with Crippen molar-refractivity contribution in [2.45, 2.75) is 13.3 Å². The highest BCUT2D eigenvalue weighted by molar-refractivity contribution is 6.33. The predicted molar refractivity (Wildman–Crippen MR) is 63.1 cm³/mol. The van der Waals surface area contributed by atoms with Crippen molar-refractivity contribution in [2.75, 3.05) is 18.1 Å². The van der Waals surface area contributed by atoms with Gasteiger partial charge in [-0.3, -0.25) is 0 Å². The van der Waals surface area contributed by atoms with Gasteiger partial charge in [0.15, 0.2) is 0 Å². The van der Waals surface area contributed by atoms with Crippen LogP contribution in [0.2, 0.25) is 5.02 Å². The number of aliphatic hydroxyl groups excluding tert-OH is 1. The molecule has 0 radical (unpaired) electrons. The minimum atomic E-state index is 0. The minimum Gasteiger partial charge on any atom is -0.397 e. The number of rotatable bonds is 2. The molecule has 0 bridgehead atoms. The van der Waals surface area contributed by atoms with Crippen LogP contribution in [0.15, 0.2) is 6.07 Å². The molecule has 0 heterocycles. The topological polar surface area (TPSA) is 72.3 Å². The number of aryl methyl sites for hydroxylation is 1. The van der Waals surface area contributed by atoms with Crippen molar-refractivity contribution in [2.24, 2.45) is 0 Å². The number of nitrogens with two attached hydrogens (primary N) is 2. The summed E-state index contributed by atoms with van der Waals surface area (Å²) in [5.41, 5.74) is 14.1. The molecule has 1 rings (SSSR count). The summed E-state index contributed by atoms with van der Waals surface area (Å²) in [5.74, 6) is 0. The molecule has 80 valence electrons. The van der Waals surface area contributed by atoms with E-state index >= 15 is 0 Å². The summed E-state index contributed by atoms with van der Waals surface area (Å²) in [4.78, 5) is 0. The minimum absolute atomic E-state index is 0. The van der Waals surface area contributed by atoms with Crippen molar-refractivity contribution in [3.05, 3.63) is 22.2 Å². The molecule has 0 saturated heterocycles. The van der Waals surface area contributed by atoms with Crippen LogP contribution < -0.4 is 11.5 Å². The van der Waals surface area contributed by atoms with Gasteiger partial charge in [-0.15, -0.1) is 12.4 Å². The summed E-state index contributed by atoms with van der Waals surface area (Å²) < 4.78 is 0. The molecule has 3 nitrogen and oxygen atoms in total. The van der Waals surface area contributed by atoms with Crippen molar-refractivity contribution in [3.63, 3.8) is 0 Å². The van der Waals surface area contributed by atoms with E-state index in [1.165, 1.54) is 0 Å². The second-order valence-corrected chi connectivity index (χ2v) is 3.36. The van der Waals surface area contributed by atoms with Gasteiger partial charge in [0.1, 0.15) is 0 Å². The quantitative estimate of drug-likeness (QED) is 0.686.